The second-order valence-corrected chi connectivity index (χ2v) is 14.4. The molecular weight excluding hydrogens is 642 g/mol. The Kier molecular flexibility index (Phi) is 7.72. The molecule has 3 aliphatic heterocycles. The number of carbonyl (C=O) groups is 2. The number of carbonyl (C=O) groups excluding carboxylic acids is 2. The zero-order valence-electron chi connectivity index (χ0n) is 27.3. The standard InChI is InChI=1S/C37H36FN7O3S/c1-22-15-28(34(40-18-22)44-20-37(21-44)10-13-48-14-11-37)35(46)41-26-6-3-23(4-7-26)36(47)45-12-9-24-16-31(29-19-43(2)42-33(29)39)49-32(24)27-8-5-25(38)17-30(27)45/h3-8,15-19H,9-14,20-21H2,1-2H3,(H2,39,42)(H,41,46). The number of nitrogens with zero attached hydrogens (tertiary/aromatic N) is 5. The maximum atomic E-state index is 14.7. The molecule has 2 amide bonds. The number of anilines is 4. The average molecular weight is 678 g/mol. The number of fused-ring (bicyclic) bond motifs is 3. The third-order valence-corrected chi connectivity index (χ3v) is 11.1. The number of hydrogen-bond acceptors (Lipinski definition) is 8. The molecule has 2 aromatic carbocycles. The molecule has 3 N–H and O–H groups in total. The number of pyridine rings is 1. The first-order valence-electron chi connectivity index (χ1n) is 16.4. The van der Waals surface area contributed by atoms with Gasteiger partial charge >= 0.3 is 0 Å². The van der Waals surface area contributed by atoms with Gasteiger partial charge in [0.1, 0.15) is 11.6 Å². The van der Waals surface area contributed by atoms with E-state index in [1.165, 1.54) is 12.1 Å². The van der Waals surface area contributed by atoms with Crippen molar-refractivity contribution in [1.82, 2.24) is 14.8 Å². The summed E-state index contributed by atoms with van der Waals surface area (Å²) in [5.74, 6) is 0.210. The number of aromatic nitrogens is 3. The number of hydrogen-bond donors (Lipinski definition) is 2. The molecule has 2 fully saturated rings. The van der Waals surface area contributed by atoms with E-state index in [1.807, 2.05) is 26.2 Å². The highest BCUT2D eigenvalue weighted by Crippen LogP contribution is 2.46. The van der Waals surface area contributed by atoms with Crippen molar-refractivity contribution in [2.45, 2.75) is 26.2 Å². The summed E-state index contributed by atoms with van der Waals surface area (Å²) >= 11 is 1.56. The van der Waals surface area contributed by atoms with Gasteiger partial charge in [-0.25, -0.2) is 9.37 Å². The molecule has 12 heteroatoms. The summed E-state index contributed by atoms with van der Waals surface area (Å²) < 4.78 is 21.9. The van der Waals surface area contributed by atoms with Crippen LogP contribution in [0.15, 0.2) is 67.0 Å². The largest absolute Gasteiger partial charge is 0.382 e. The van der Waals surface area contributed by atoms with E-state index in [1.54, 1.807) is 57.4 Å². The minimum Gasteiger partial charge on any atom is -0.382 e. The van der Waals surface area contributed by atoms with Crippen molar-refractivity contribution in [2.24, 2.45) is 12.5 Å². The van der Waals surface area contributed by atoms with Crippen molar-refractivity contribution in [3.63, 3.8) is 0 Å². The number of amides is 2. The topological polar surface area (TPSA) is 119 Å². The van der Waals surface area contributed by atoms with Crippen LogP contribution in [0.4, 0.5) is 27.4 Å². The molecule has 0 unspecified atom stereocenters. The second kappa shape index (κ2) is 12.1. The third kappa shape index (κ3) is 5.74. The molecule has 250 valence electrons. The van der Waals surface area contributed by atoms with E-state index < -0.39 is 5.82 Å². The van der Waals surface area contributed by atoms with Crippen molar-refractivity contribution in [1.29, 1.82) is 0 Å². The van der Waals surface area contributed by atoms with Crippen molar-refractivity contribution < 1.29 is 18.7 Å². The highest BCUT2D eigenvalue weighted by molar-refractivity contribution is 7.19. The number of benzene rings is 2. The van der Waals surface area contributed by atoms with Crippen LogP contribution in [-0.2, 0) is 18.2 Å². The molecule has 0 bridgehead atoms. The molecule has 5 aromatic rings. The number of rotatable bonds is 5. The normalized spacial score (nSPS) is 16.5. The van der Waals surface area contributed by atoms with E-state index >= 15 is 0 Å². The van der Waals surface area contributed by atoms with Crippen LogP contribution in [0, 0.1) is 18.2 Å². The molecule has 10 nitrogen and oxygen atoms in total. The van der Waals surface area contributed by atoms with Gasteiger partial charge in [0.25, 0.3) is 11.8 Å². The first kappa shape index (κ1) is 31.2. The highest BCUT2D eigenvalue weighted by Gasteiger charge is 2.45. The van der Waals surface area contributed by atoms with E-state index in [-0.39, 0.29) is 17.2 Å². The van der Waals surface area contributed by atoms with Gasteiger partial charge in [0, 0.05) is 84.3 Å². The van der Waals surface area contributed by atoms with Crippen LogP contribution in [0.2, 0.25) is 0 Å². The third-order valence-electron chi connectivity index (χ3n) is 9.82. The van der Waals surface area contributed by atoms with Gasteiger partial charge in [0.05, 0.1) is 16.8 Å². The highest BCUT2D eigenvalue weighted by atomic mass is 32.1. The van der Waals surface area contributed by atoms with Crippen molar-refractivity contribution >= 4 is 46.2 Å². The number of nitrogens with one attached hydrogen (secondary N) is 1. The molecule has 8 rings (SSSR count). The quantitative estimate of drug-likeness (QED) is 0.224. The van der Waals surface area contributed by atoms with E-state index in [2.05, 4.69) is 26.4 Å². The number of aryl methyl sites for hydroxylation is 2. The number of nitrogen functional groups attached to an aromatic ring is 1. The lowest BCUT2D eigenvalue weighted by Crippen LogP contribution is -2.59. The molecule has 3 aromatic heterocycles. The molecule has 2 saturated heterocycles. The Morgan fingerprint density at radius 2 is 1.82 bits per heavy atom. The lowest BCUT2D eigenvalue weighted by atomic mass is 9.73. The molecule has 6 heterocycles. The lowest BCUT2D eigenvalue weighted by Gasteiger charge is -2.53. The lowest BCUT2D eigenvalue weighted by molar-refractivity contribution is -0.000510. The summed E-state index contributed by atoms with van der Waals surface area (Å²) in [4.78, 5) is 38.0. The fourth-order valence-corrected chi connectivity index (χ4v) is 8.48. The summed E-state index contributed by atoms with van der Waals surface area (Å²) in [6.07, 6.45) is 6.32. The number of nitrogens with two attached hydrogens (primary N) is 1. The summed E-state index contributed by atoms with van der Waals surface area (Å²) in [6, 6.07) is 15.4. The van der Waals surface area contributed by atoms with Gasteiger partial charge in [-0.05, 0) is 91.9 Å². The van der Waals surface area contributed by atoms with Gasteiger partial charge in [0.2, 0.25) is 0 Å². The van der Waals surface area contributed by atoms with E-state index in [0.29, 0.717) is 47.1 Å². The fourth-order valence-electron chi connectivity index (χ4n) is 7.22. The number of halogens is 1. The van der Waals surface area contributed by atoms with Gasteiger partial charge in [-0.2, -0.15) is 5.10 Å². The summed E-state index contributed by atoms with van der Waals surface area (Å²) in [5.41, 5.74) is 12.0. The molecule has 49 heavy (non-hydrogen) atoms. The van der Waals surface area contributed by atoms with Crippen molar-refractivity contribution in [3.8, 4) is 20.9 Å². The first-order chi connectivity index (χ1) is 23.7. The van der Waals surface area contributed by atoms with Gasteiger partial charge < -0.3 is 25.6 Å². The summed E-state index contributed by atoms with van der Waals surface area (Å²) in [7, 11) is 1.83. The molecule has 0 atom stereocenters. The Hall–Kier alpha value is -5.07. The first-order valence-corrected chi connectivity index (χ1v) is 17.2. The van der Waals surface area contributed by atoms with Crippen molar-refractivity contribution in [3.05, 3.63) is 95.1 Å². The minimum absolute atomic E-state index is 0.240. The zero-order valence-corrected chi connectivity index (χ0v) is 28.1. The molecule has 0 radical (unpaired) electrons. The maximum Gasteiger partial charge on any atom is 0.259 e. The number of thiophene rings is 1. The predicted molar refractivity (Wildman–Crippen MR) is 190 cm³/mol. The van der Waals surface area contributed by atoms with Gasteiger partial charge in [0.15, 0.2) is 5.82 Å². The van der Waals surface area contributed by atoms with Crippen LogP contribution >= 0.6 is 11.3 Å². The zero-order chi connectivity index (χ0) is 33.9. The van der Waals surface area contributed by atoms with Crippen molar-refractivity contribution in [2.75, 3.05) is 53.7 Å². The Balaban J connectivity index is 1.01. The molecular formula is C37H36FN7O3S. The Morgan fingerprint density at radius 3 is 2.55 bits per heavy atom. The molecule has 1 spiro atoms. The Bertz CT molecular complexity index is 2090. The van der Waals surface area contributed by atoms with Gasteiger partial charge in [-0.3, -0.25) is 14.3 Å². The molecule has 3 aliphatic rings. The summed E-state index contributed by atoms with van der Waals surface area (Å²) in [5, 5.41) is 7.27. The van der Waals surface area contributed by atoms with Crippen LogP contribution in [0.25, 0.3) is 20.9 Å². The Morgan fingerprint density at radius 1 is 1.04 bits per heavy atom. The van der Waals surface area contributed by atoms with Crippen LogP contribution in [-0.4, -0.2) is 59.4 Å². The van der Waals surface area contributed by atoms with Crippen LogP contribution in [0.5, 0.6) is 0 Å². The van der Waals surface area contributed by atoms with Crippen LogP contribution in [0.1, 0.15) is 44.7 Å². The van der Waals surface area contributed by atoms with E-state index in [9.17, 15) is 14.0 Å². The predicted octanol–water partition coefficient (Wildman–Crippen LogP) is 6.31. The molecule has 0 aliphatic carbocycles. The minimum atomic E-state index is -0.419. The number of ether oxygens (including phenoxy) is 1. The van der Waals surface area contributed by atoms with Gasteiger partial charge in [-0.15, -0.1) is 11.3 Å². The van der Waals surface area contributed by atoms with E-state index in [0.717, 1.165) is 71.2 Å². The fraction of sp³-hybridized carbons (Fsp3) is 0.297. The Labute approximate surface area is 287 Å². The SMILES string of the molecule is Cc1cnc(N2CC3(CCOCC3)C2)c(C(=O)Nc2ccc(C(=O)N3CCc4cc(-c5cn(C)nc5N)sc4-c4ccc(F)cc43)cc2)c1. The van der Waals surface area contributed by atoms with Crippen LogP contribution in [0.3, 0.4) is 0 Å². The second-order valence-electron chi connectivity index (χ2n) is 13.3. The average Bonchev–Trinajstić information content (AvgIpc) is 3.61. The summed E-state index contributed by atoms with van der Waals surface area (Å²) in [6.45, 7) is 5.57. The molecule has 0 saturated carbocycles. The van der Waals surface area contributed by atoms with Crippen LogP contribution < -0.4 is 20.9 Å². The van der Waals surface area contributed by atoms with Gasteiger partial charge in [-0.1, -0.05) is 0 Å². The maximum absolute atomic E-state index is 14.7. The smallest absolute Gasteiger partial charge is 0.259 e. The van der Waals surface area contributed by atoms with E-state index in [4.69, 9.17) is 10.5 Å². The monoisotopic (exact) mass is 677 g/mol.